The maximum atomic E-state index is 16.2. The molecule has 2 unspecified atom stereocenters. The van der Waals surface area contributed by atoms with E-state index in [-0.39, 0.29) is 72.0 Å². The first kappa shape index (κ1) is 56.5. The van der Waals surface area contributed by atoms with E-state index in [9.17, 15) is 53.6 Å². The largest absolute Gasteiger partial charge is 0.505 e. The lowest BCUT2D eigenvalue weighted by Crippen LogP contribution is -2.77. The number of benzene rings is 3. The van der Waals surface area contributed by atoms with Crippen molar-refractivity contribution in [1.29, 1.82) is 0 Å². The fourth-order valence-corrected chi connectivity index (χ4v) is 18.5. The number of fused-ring (bicyclic) bond motifs is 15. The number of ether oxygens (including phenoxy) is 9. The number of phenols is 1. The van der Waals surface area contributed by atoms with Gasteiger partial charge in [-0.3, -0.25) is 23.9 Å². The molecule has 0 bridgehead atoms. The zero-order chi connectivity index (χ0) is 61.0. The molecular weight excluding hydrogens is 1130 g/mol. The average Bonchev–Trinajstić information content (AvgIpc) is 1.48. The van der Waals surface area contributed by atoms with Crippen LogP contribution >= 0.6 is 0 Å². The number of aliphatic hydroxyl groups excluding tert-OH is 2. The number of carbonyl (C=O) groups is 6. The number of esters is 5. The van der Waals surface area contributed by atoms with Gasteiger partial charge in [-0.15, -0.1) is 5.10 Å². The van der Waals surface area contributed by atoms with Gasteiger partial charge in [0.25, 0.3) is 0 Å². The first-order valence-corrected chi connectivity index (χ1v) is 29.0. The summed E-state index contributed by atoms with van der Waals surface area (Å²) in [6.07, 6.45) is -6.74. The number of rotatable bonds is 11. The summed E-state index contributed by atoms with van der Waals surface area (Å²) in [5.74, 6) is -15.2. The van der Waals surface area contributed by atoms with Gasteiger partial charge in [-0.2, -0.15) is 0 Å². The van der Waals surface area contributed by atoms with Crippen LogP contribution in [0, 0.1) is 69.3 Å². The molecule has 0 radical (unpaired) electrons. The van der Waals surface area contributed by atoms with Gasteiger partial charge in [0, 0.05) is 80.0 Å². The smallest absolute Gasteiger partial charge is 0.341 e. The van der Waals surface area contributed by atoms with Crippen LogP contribution in [-0.2, 0) is 75.9 Å². The van der Waals surface area contributed by atoms with Gasteiger partial charge in [0.2, 0.25) is 11.7 Å². The number of halogens is 2. The van der Waals surface area contributed by atoms with E-state index >= 15 is 4.39 Å². The molecule has 23 nitrogen and oxygen atoms in total. The maximum absolute atomic E-state index is 16.2. The fraction of sp³-hybridized carbons (Fsp3) is 0.574. The van der Waals surface area contributed by atoms with Crippen LogP contribution in [0.3, 0.4) is 0 Å². The second-order valence-electron chi connectivity index (χ2n) is 26.0. The van der Waals surface area contributed by atoms with Crippen LogP contribution in [0.2, 0.25) is 0 Å². The maximum Gasteiger partial charge on any atom is 0.341 e. The summed E-state index contributed by atoms with van der Waals surface area (Å²) < 4.78 is 88.0. The van der Waals surface area contributed by atoms with Gasteiger partial charge in [-0.05, 0) is 68.6 Å². The highest BCUT2D eigenvalue weighted by Gasteiger charge is 2.93. The summed E-state index contributed by atoms with van der Waals surface area (Å²) in [5, 5.41) is 60.8. The van der Waals surface area contributed by atoms with E-state index < -0.39 is 183 Å². The van der Waals surface area contributed by atoms with Crippen LogP contribution < -0.4 is 14.8 Å². The monoisotopic (exact) mass is 1190 g/mol. The van der Waals surface area contributed by atoms with Crippen molar-refractivity contribution in [2.45, 2.75) is 160 Å². The SMILES string of the molecule is CC(=O)O[C@H]1C2[C@@H]([C@@H](O)[C@@H](NC(=O)CCCn3cc(COc4cc5c(cc4F)C4(OC(=O)c6ccccc64)c4cc(F)c(O)cc4O5)nn3)[C@H]3C[C@@H]4O[C@@H]4[C@H](OC(C)=O)[C@]23C)[C@@H]2[C@@H](O)[C@@H]3[C@H]([C@H](C)[C@H]4O[C@]45OC(=O)[C@@](C)(O)[C@]35C)[C@@]2(C)[C@H]1OC(C)=O. The minimum atomic E-state index is -2.21. The number of hydrogen-bond donors (Lipinski definition) is 5. The highest BCUT2D eigenvalue weighted by Crippen LogP contribution is 2.81. The molecule has 5 N–H and O–H groups in total. The minimum absolute atomic E-state index is 0.00139. The van der Waals surface area contributed by atoms with Gasteiger partial charge in [0.1, 0.15) is 54.3 Å². The summed E-state index contributed by atoms with van der Waals surface area (Å²) in [6, 6.07) is 9.66. The third-order valence-corrected chi connectivity index (χ3v) is 21.9. The first-order chi connectivity index (χ1) is 40.6. The summed E-state index contributed by atoms with van der Waals surface area (Å²) >= 11 is 0. The number of hydrogen-bond acceptors (Lipinski definition) is 21. The van der Waals surface area contributed by atoms with Crippen LogP contribution in [0.25, 0.3) is 0 Å². The van der Waals surface area contributed by atoms with Gasteiger partial charge < -0.3 is 68.4 Å². The van der Waals surface area contributed by atoms with Crippen LogP contribution in [0.15, 0.2) is 54.7 Å². The highest BCUT2D eigenvalue weighted by atomic mass is 19.1. The quantitative estimate of drug-likeness (QED) is 0.0799. The standard InChI is InChI=1S/C61H64F2N4O19/c1-23-42-45(58(7)59(8,77)55(76)86-61(58)51(23)84-61)48(74)43-41-44(50(79-24(2)68)53(57(42,43)6)81-26(4)70)56(5)32(18-39-49(83-39)52(56)80-25(3)69)46(47(41)73)64-40(72)14-11-15-67-21-27(65-66-67)22-78-38-20-37-31(17-34(38)63)60(29-13-10-9-12-28(29)54(75)85-60)30-16-33(62)35(71)19-36(30)82-37/h9-10,12-13,16-17,19-21,23,32,39,41-53,71,73-74,77H,11,14-15,18,22H2,1-8H3,(H,64,72)/t23-,32+,39-,41-,42-,43+,44?,45-,46-,47+,48+,49-,50-,51+,52-,53-,56-,57+,58-,59+,60?,61-/m0/s1. The van der Waals surface area contributed by atoms with E-state index in [0.717, 1.165) is 18.2 Å². The van der Waals surface area contributed by atoms with Crippen molar-refractivity contribution < 1.29 is 101 Å². The number of aliphatic hydroxyl groups is 3. The second-order valence-corrected chi connectivity index (χ2v) is 26.0. The molecule has 3 aromatic carbocycles. The molecule has 22 atom stereocenters. The van der Waals surface area contributed by atoms with Crippen LogP contribution in [-0.4, -0.2) is 137 Å². The number of amides is 1. The molecule has 8 fully saturated rings. The predicted octanol–water partition coefficient (Wildman–Crippen LogP) is 4.17. The van der Waals surface area contributed by atoms with Gasteiger partial charge in [-0.25, -0.2) is 18.4 Å². The van der Waals surface area contributed by atoms with Gasteiger partial charge in [0.05, 0.1) is 52.7 Å². The number of aromatic hydroxyl groups is 1. The van der Waals surface area contributed by atoms with Gasteiger partial charge in [-0.1, -0.05) is 44.2 Å². The Morgan fingerprint density at radius 1 is 0.826 bits per heavy atom. The van der Waals surface area contributed by atoms with Crippen molar-refractivity contribution in [3.05, 3.63) is 94.3 Å². The predicted molar refractivity (Wildman–Crippen MR) is 282 cm³/mol. The number of aryl methyl sites for hydroxylation is 1. The number of nitrogens with one attached hydrogen (secondary N) is 1. The van der Waals surface area contributed by atoms with E-state index in [1.807, 2.05) is 13.8 Å². The molecule has 10 aliphatic rings. The Balaban J connectivity index is 0.733. The lowest BCUT2D eigenvalue weighted by Gasteiger charge is -2.67. The van der Waals surface area contributed by atoms with Crippen molar-refractivity contribution in [1.82, 2.24) is 20.3 Å². The van der Waals surface area contributed by atoms with E-state index in [1.54, 1.807) is 38.2 Å². The van der Waals surface area contributed by atoms with E-state index in [0.29, 0.717) is 5.56 Å². The summed E-state index contributed by atoms with van der Waals surface area (Å²) in [5.41, 5.74) is -7.56. The third-order valence-electron chi connectivity index (χ3n) is 21.9. The molecule has 1 aromatic heterocycles. The van der Waals surface area contributed by atoms with Crippen molar-refractivity contribution in [3.8, 4) is 23.0 Å². The van der Waals surface area contributed by atoms with Crippen molar-refractivity contribution >= 4 is 35.8 Å². The normalized spacial score (nSPS) is 41.7. The van der Waals surface area contributed by atoms with Gasteiger partial charge in [0.15, 0.2) is 34.3 Å². The van der Waals surface area contributed by atoms with E-state index in [1.165, 1.54) is 44.5 Å². The number of aromatic nitrogens is 3. The molecule has 5 saturated carbocycles. The summed E-state index contributed by atoms with van der Waals surface area (Å²) in [4.78, 5) is 81.7. The van der Waals surface area contributed by atoms with Crippen LogP contribution in [0.5, 0.6) is 23.0 Å². The second kappa shape index (κ2) is 18.6. The third kappa shape index (κ3) is 7.34. The molecule has 6 heterocycles. The van der Waals surface area contributed by atoms with Crippen LogP contribution in [0.1, 0.15) is 107 Å². The molecule has 86 heavy (non-hydrogen) atoms. The van der Waals surface area contributed by atoms with Crippen molar-refractivity contribution in [2.24, 2.45) is 57.7 Å². The Hall–Kier alpha value is -7.32. The number of carbonyl (C=O) groups excluding carboxylic acids is 6. The lowest BCUT2D eigenvalue weighted by atomic mass is 9.40. The average molecular weight is 1200 g/mol. The molecule has 2 spiro atoms. The number of epoxide rings is 2. The number of phenolic OH excluding ortho intramolecular Hbond substituents is 1. The molecule has 5 aliphatic carbocycles. The first-order valence-electron chi connectivity index (χ1n) is 29.0. The Morgan fingerprint density at radius 3 is 2.23 bits per heavy atom. The Morgan fingerprint density at radius 2 is 1.51 bits per heavy atom. The topological polar surface area (TPSA) is 316 Å². The Kier molecular flexibility index (Phi) is 12.2. The Labute approximate surface area is 489 Å². The summed E-state index contributed by atoms with van der Waals surface area (Å²) in [7, 11) is 0. The van der Waals surface area contributed by atoms with Crippen molar-refractivity contribution in [3.63, 3.8) is 0 Å². The zero-order valence-corrected chi connectivity index (χ0v) is 48.0. The lowest BCUT2D eigenvalue weighted by molar-refractivity contribution is -0.286. The molecule has 3 saturated heterocycles. The number of nitrogens with zero attached hydrogens (tertiary/aromatic N) is 3. The molecule has 14 rings (SSSR count). The van der Waals surface area contributed by atoms with E-state index in [2.05, 4.69) is 15.6 Å². The van der Waals surface area contributed by atoms with Crippen LogP contribution in [0.4, 0.5) is 8.78 Å². The van der Waals surface area contributed by atoms with Crippen molar-refractivity contribution in [2.75, 3.05) is 0 Å². The molecule has 5 aliphatic heterocycles. The highest BCUT2D eigenvalue weighted by molar-refractivity contribution is 5.97. The summed E-state index contributed by atoms with van der Waals surface area (Å²) in [6.45, 7) is 12.0. The molecular formula is C61H64F2N4O19. The molecule has 4 aromatic rings. The Bertz CT molecular complexity index is 3640. The van der Waals surface area contributed by atoms with Gasteiger partial charge >= 0.3 is 29.8 Å². The fourth-order valence-electron chi connectivity index (χ4n) is 18.5. The zero-order valence-electron chi connectivity index (χ0n) is 48.0. The van der Waals surface area contributed by atoms with E-state index in [4.69, 9.17) is 42.6 Å². The minimum Gasteiger partial charge on any atom is -0.505 e. The molecule has 1 amide bonds. The molecule has 456 valence electrons. The molecule has 25 heteroatoms.